The number of hydrogen-bond donors (Lipinski definition) is 0. The van der Waals surface area contributed by atoms with Crippen molar-refractivity contribution in [1.82, 2.24) is 4.90 Å². The Morgan fingerprint density at radius 2 is 2.28 bits per heavy atom. The highest BCUT2D eigenvalue weighted by Gasteiger charge is 2.37. The number of carbonyl (C=O) groups is 1. The molecule has 1 aromatic heterocycles. The third-order valence-corrected chi connectivity index (χ3v) is 5.31. The van der Waals surface area contributed by atoms with Gasteiger partial charge in [-0.25, -0.2) is 0 Å². The van der Waals surface area contributed by atoms with Gasteiger partial charge in [-0.3, -0.25) is 4.79 Å². The minimum atomic E-state index is 0.164. The maximum Gasteiger partial charge on any atom is 0.255 e. The smallest absolute Gasteiger partial charge is 0.255 e. The van der Waals surface area contributed by atoms with Crippen LogP contribution in [0.5, 0.6) is 0 Å². The van der Waals surface area contributed by atoms with E-state index in [1.165, 1.54) is 12.8 Å². The van der Waals surface area contributed by atoms with E-state index in [1.807, 2.05) is 16.3 Å². The molecule has 3 rings (SSSR count). The summed E-state index contributed by atoms with van der Waals surface area (Å²) >= 11 is 4.98. The number of hydrogen-bond acceptors (Lipinski definition) is 3. The molecule has 18 heavy (non-hydrogen) atoms. The third kappa shape index (κ3) is 2.36. The monoisotopic (exact) mass is 329 g/mol. The van der Waals surface area contributed by atoms with Crippen LogP contribution in [0.15, 0.2) is 15.2 Å². The highest BCUT2D eigenvalue weighted by molar-refractivity contribution is 9.11. The van der Waals surface area contributed by atoms with Crippen LogP contribution in [-0.4, -0.2) is 36.1 Å². The first-order chi connectivity index (χ1) is 8.75. The van der Waals surface area contributed by atoms with Crippen LogP contribution in [0.1, 0.15) is 36.0 Å². The van der Waals surface area contributed by atoms with Gasteiger partial charge in [0.15, 0.2) is 0 Å². The van der Waals surface area contributed by atoms with E-state index < -0.39 is 0 Å². The molecule has 2 atom stereocenters. The normalized spacial score (nSPS) is 27.9. The molecule has 0 spiro atoms. The molecule has 3 nitrogen and oxygen atoms in total. The number of carbonyl (C=O) groups excluding carboxylic acids is 1. The molecular formula is C13H16BrNO2S. The molecule has 0 unspecified atom stereocenters. The van der Waals surface area contributed by atoms with Crippen LogP contribution in [0.3, 0.4) is 0 Å². The summed E-state index contributed by atoms with van der Waals surface area (Å²) in [6.45, 7) is 1.41. The summed E-state index contributed by atoms with van der Waals surface area (Å²) < 4.78 is 6.82. The lowest BCUT2D eigenvalue weighted by Crippen LogP contribution is -2.54. The van der Waals surface area contributed by atoms with E-state index in [4.69, 9.17) is 4.74 Å². The second-order valence-electron chi connectivity index (χ2n) is 4.90. The number of nitrogens with zero attached hydrogens (tertiary/aromatic N) is 1. The fraction of sp³-hybridized carbons (Fsp3) is 0.615. The van der Waals surface area contributed by atoms with Crippen molar-refractivity contribution in [3.05, 3.63) is 20.8 Å². The highest BCUT2D eigenvalue weighted by atomic mass is 79.9. The second kappa shape index (κ2) is 5.31. The van der Waals surface area contributed by atoms with E-state index in [1.54, 1.807) is 11.3 Å². The van der Waals surface area contributed by atoms with Gasteiger partial charge in [0, 0.05) is 11.9 Å². The number of rotatable bonds is 1. The van der Waals surface area contributed by atoms with Crippen LogP contribution in [0.25, 0.3) is 0 Å². The number of morpholine rings is 1. The Bertz CT molecular complexity index is 446. The molecule has 0 radical (unpaired) electrons. The van der Waals surface area contributed by atoms with Crippen molar-refractivity contribution in [2.45, 2.75) is 37.8 Å². The first-order valence-electron chi connectivity index (χ1n) is 6.42. The van der Waals surface area contributed by atoms with Gasteiger partial charge >= 0.3 is 0 Å². The summed E-state index contributed by atoms with van der Waals surface area (Å²) in [6.07, 6.45) is 4.89. The Morgan fingerprint density at radius 1 is 1.44 bits per heavy atom. The summed E-state index contributed by atoms with van der Waals surface area (Å²) in [5.74, 6) is 0.164. The van der Waals surface area contributed by atoms with E-state index in [2.05, 4.69) is 15.9 Å². The van der Waals surface area contributed by atoms with Crippen molar-refractivity contribution >= 4 is 33.2 Å². The van der Waals surface area contributed by atoms with Crippen molar-refractivity contribution in [2.24, 2.45) is 0 Å². The fourth-order valence-electron chi connectivity index (χ4n) is 2.94. The molecule has 1 saturated carbocycles. The van der Waals surface area contributed by atoms with Crippen molar-refractivity contribution in [3.63, 3.8) is 0 Å². The fourth-order valence-corrected chi connectivity index (χ4v) is 4.07. The van der Waals surface area contributed by atoms with Gasteiger partial charge in [0.2, 0.25) is 0 Å². The molecule has 98 valence electrons. The summed E-state index contributed by atoms with van der Waals surface area (Å²) in [4.78, 5) is 14.6. The zero-order valence-corrected chi connectivity index (χ0v) is 12.5. The van der Waals surface area contributed by atoms with Gasteiger partial charge in [-0.2, -0.15) is 0 Å². The van der Waals surface area contributed by atoms with Gasteiger partial charge in [-0.05, 0) is 34.8 Å². The largest absolute Gasteiger partial charge is 0.374 e. The van der Waals surface area contributed by atoms with Gasteiger partial charge in [-0.1, -0.05) is 12.8 Å². The summed E-state index contributed by atoms with van der Waals surface area (Å²) in [5, 5.41) is 1.93. The van der Waals surface area contributed by atoms with Crippen molar-refractivity contribution in [1.29, 1.82) is 0 Å². The molecule has 1 saturated heterocycles. The van der Waals surface area contributed by atoms with Crippen LogP contribution < -0.4 is 0 Å². The van der Waals surface area contributed by atoms with Crippen molar-refractivity contribution in [2.75, 3.05) is 13.2 Å². The molecule has 1 aromatic rings. The number of ether oxygens (including phenoxy) is 1. The van der Waals surface area contributed by atoms with Gasteiger partial charge in [0.05, 0.1) is 28.1 Å². The molecule has 0 aromatic carbocycles. The average molecular weight is 330 g/mol. The van der Waals surface area contributed by atoms with Gasteiger partial charge < -0.3 is 9.64 Å². The molecule has 2 heterocycles. The molecule has 1 aliphatic carbocycles. The number of halogens is 1. The van der Waals surface area contributed by atoms with E-state index in [0.717, 1.165) is 28.7 Å². The molecule has 2 fully saturated rings. The van der Waals surface area contributed by atoms with Crippen LogP contribution >= 0.6 is 27.3 Å². The zero-order chi connectivity index (χ0) is 12.5. The Morgan fingerprint density at radius 3 is 3.06 bits per heavy atom. The molecule has 2 aliphatic rings. The summed E-state index contributed by atoms with van der Waals surface area (Å²) in [5.41, 5.74) is 0.804. The average Bonchev–Trinajstić information content (AvgIpc) is 2.84. The predicted octanol–water partition coefficient (Wildman–Crippen LogP) is 3.29. The lowest BCUT2D eigenvalue weighted by molar-refractivity contribution is -0.0752. The van der Waals surface area contributed by atoms with Crippen molar-refractivity contribution in [3.8, 4) is 0 Å². The lowest BCUT2D eigenvalue weighted by Gasteiger charge is -2.43. The zero-order valence-electron chi connectivity index (χ0n) is 10.1. The van der Waals surface area contributed by atoms with E-state index in [0.29, 0.717) is 12.6 Å². The summed E-state index contributed by atoms with van der Waals surface area (Å²) in [7, 11) is 0. The minimum absolute atomic E-state index is 0.164. The van der Waals surface area contributed by atoms with Gasteiger partial charge in [-0.15, -0.1) is 11.3 Å². The van der Waals surface area contributed by atoms with Crippen LogP contribution in [0.4, 0.5) is 0 Å². The standard InChI is InChI=1S/C13H16BrNO2S/c14-12-7-9(8-18-12)13(16)15-5-6-17-11-4-2-1-3-10(11)15/h7-8,10-11H,1-6H2/t10-,11+/m0/s1. The van der Waals surface area contributed by atoms with E-state index in [-0.39, 0.29) is 12.0 Å². The van der Waals surface area contributed by atoms with Gasteiger partial charge in [0.25, 0.3) is 5.91 Å². The minimum Gasteiger partial charge on any atom is -0.374 e. The topological polar surface area (TPSA) is 29.5 Å². The lowest BCUT2D eigenvalue weighted by atomic mass is 9.90. The number of fused-ring (bicyclic) bond motifs is 1. The van der Waals surface area contributed by atoms with Gasteiger partial charge in [0.1, 0.15) is 0 Å². The first kappa shape index (κ1) is 12.6. The van der Waals surface area contributed by atoms with Crippen LogP contribution in [0, 0.1) is 0 Å². The third-order valence-electron chi connectivity index (χ3n) is 3.81. The maximum atomic E-state index is 12.5. The quantitative estimate of drug-likeness (QED) is 0.791. The SMILES string of the molecule is O=C(c1csc(Br)c1)N1CCO[C@@H]2CCCC[C@@H]21. The number of thiophene rings is 1. The molecule has 0 bridgehead atoms. The van der Waals surface area contributed by atoms with Crippen LogP contribution in [0.2, 0.25) is 0 Å². The Hall–Kier alpha value is -0.390. The Labute approximate surface area is 119 Å². The maximum absolute atomic E-state index is 12.5. The molecular weight excluding hydrogens is 314 g/mol. The second-order valence-corrected chi connectivity index (χ2v) is 7.19. The van der Waals surface area contributed by atoms with Crippen LogP contribution in [-0.2, 0) is 4.74 Å². The molecule has 5 heteroatoms. The number of amides is 1. The highest BCUT2D eigenvalue weighted by Crippen LogP contribution is 2.30. The first-order valence-corrected chi connectivity index (χ1v) is 8.09. The summed E-state index contributed by atoms with van der Waals surface area (Å²) in [6, 6.07) is 2.21. The van der Waals surface area contributed by atoms with Crippen molar-refractivity contribution < 1.29 is 9.53 Å². The molecule has 1 amide bonds. The Kier molecular flexibility index (Phi) is 3.73. The molecule has 1 aliphatic heterocycles. The molecule has 0 N–H and O–H groups in total. The Balaban J connectivity index is 1.79. The van der Waals surface area contributed by atoms with E-state index in [9.17, 15) is 4.79 Å². The van der Waals surface area contributed by atoms with E-state index >= 15 is 0 Å². The predicted molar refractivity (Wildman–Crippen MR) is 75.1 cm³/mol.